The summed E-state index contributed by atoms with van der Waals surface area (Å²) in [7, 11) is 0. The van der Waals surface area contributed by atoms with Gasteiger partial charge in [0.2, 0.25) is 0 Å². The molecule has 0 bridgehead atoms. The Bertz CT molecular complexity index is 1370. The third-order valence-corrected chi connectivity index (χ3v) is 5.69. The molecule has 6 nitrogen and oxygen atoms in total. The molecule has 0 aliphatic rings. The number of halogens is 1. The van der Waals surface area contributed by atoms with E-state index in [-0.39, 0.29) is 5.91 Å². The Hall–Kier alpha value is -4.23. The van der Waals surface area contributed by atoms with Crippen LogP contribution >= 0.6 is 15.9 Å². The largest absolute Gasteiger partial charge is 0.489 e. The van der Waals surface area contributed by atoms with Gasteiger partial charge < -0.3 is 9.47 Å². The van der Waals surface area contributed by atoms with Gasteiger partial charge in [-0.25, -0.2) is 10.2 Å². The molecule has 0 saturated heterocycles. The van der Waals surface area contributed by atoms with Crippen LogP contribution in [-0.4, -0.2) is 18.1 Å². The summed E-state index contributed by atoms with van der Waals surface area (Å²) in [5.74, 6) is 0.120. The molecule has 4 aromatic rings. The maximum Gasteiger partial charge on any atom is 0.343 e. The predicted octanol–water partition coefficient (Wildman–Crippen LogP) is 6.32. The zero-order valence-corrected chi connectivity index (χ0v) is 21.1. The molecule has 0 aliphatic heterocycles. The third-order valence-electron chi connectivity index (χ3n) is 5.20. The van der Waals surface area contributed by atoms with Crippen LogP contribution < -0.4 is 14.9 Å². The van der Waals surface area contributed by atoms with Crippen LogP contribution in [0.2, 0.25) is 0 Å². The number of amides is 1. The average molecular weight is 543 g/mol. The summed E-state index contributed by atoms with van der Waals surface area (Å²) in [4.78, 5) is 25.0. The Labute approximate surface area is 217 Å². The number of carbonyl (C=O) groups is 2. The minimum absolute atomic E-state index is 0.321. The first-order valence-electron chi connectivity index (χ1n) is 11.2. The predicted molar refractivity (Wildman–Crippen MR) is 143 cm³/mol. The molecule has 0 heterocycles. The molecule has 0 atom stereocenters. The molecule has 1 N–H and O–H groups in total. The number of esters is 1. The fourth-order valence-electron chi connectivity index (χ4n) is 3.23. The van der Waals surface area contributed by atoms with E-state index in [2.05, 4.69) is 26.5 Å². The number of hydrogen-bond acceptors (Lipinski definition) is 5. The van der Waals surface area contributed by atoms with Crippen molar-refractivity contribution in [1.29, 1.82) is 0 Å². The summed E-state index contributed by atoms with van der Waals surface area (Å²) >= 11 is 3.41. The molecule has 7 heteroatoms. The van der Waals surface area contributed by atoms with E-state index < -0.39 is 5.97 Å². The number of hydrazone groups is 1. The molecule has 36 heavy (non-hydrogen) atoms. The highest BCUT2D eigenvalue weighted by Crippen LogP contribution is 2.23. The molecule has 1 amide bonds. The number of aryl methyl sites for hydroxylation is 1. The molecular weight excluding hydrogens is 520 g/mol. The second-order valence-electron chi connectivity index (χ2n) is 7.94. The van der Waals surface area contributed by atoms with Crippen molar-refractivity contribution >= 4 is 34.0 Å². The molecule has 0 aromatic heterocycles. The maximum atomic E-state index is 12.5. The van der Waals surface area contributed by atoms with E-state index in [9.17, 15) is 9.59 Å². The number of ether oxygens (including phenoxy) is 2. The van der Waals surface area contributed by atoms with Crippen LogP contribution in [0.3, 0.4) is 0 Å². The van der Waals surface area contributed by atoms with Gasteiger partial charge in [-0.05, 0) is 67.1 Å². The van der Waals surface area contributed by atoms with Gasteiger partial charge in [-0.1, -0.05) is 64.0 Å². The SMILES string of the molecule is Cc1ccc(C(=O)Oc2ccc(Br)cc2/C=N/NC(=O)c2ccc(OCc3ccccc3)cc2)cc1. The minimum Gasteiger partial charge on any atom is -0.489 e. The maximum absolute atomic E-state index is 12.5. The lowest BCUT2D eigenvalue weighted by atomic mass is 10.1. The second kappa shape index (κ2) is 12.0. The molecule has 0 spiro atoms. The number of benzene rings is 4. The van der Waals surface area contributed by atoms with Crippen LogP contribution in [-0.2, 0) is 6.61 Å². The molecule has 4 rings (SSSR count). The lowest BCUT2D eigenvalue weighted by Crippen LogP contribution is -2.17. The minimum atomic E-state index is -0.481. The van der Waals surface area contributed by atoms with Crippen molar-refractivity contribution in [3.63, 3.8) is 0 Å². The number of carbonyl (C=O) groups excluding carboxylic acids is 2. The van der Waals surface area contributed by atoms with E-state index in [1.807, 2.05) is 49.4 Å². The van der Waals surface area contributed by atoms with Crippen molar-refractivity contribution in [2.45, 2.75) is 13.5 Å². The Balaban J connectivity index is 1.37. The molecule has 0 fully saturated rings. The summed E-state index contributed by atoms with van der Waals surface area (Å²) in [6, 6.07) is 28.9. The first-order chi connectivity index (χ1) is 17.5. The van der Waals surface area contributed by atoms with E-state index in [0.29, 0.717) is 34.8 Å². The molecule has 0 unspecified atom stereocenters. The van der Waals surface area contributed by atoms with Crippen LogP contribution in [0.25, 0.3) is 0 Å². The zero-order valence-electron chi connectivity index (χ0n) is 19.5. The summed E-state index contributed by atoms with van der Waals surface area (Å²) in [6.07, 6.45) is 1.43. The van der Waals surface area contributed by atoms with Gasteiger partial charge in [0.15, 0.2) is 0 Å². The Morgan fingerprint density at radius 1 is 0.889 bits per heavy atom. The molecule has 0 saturated carbocycles. The van der Waals surface area contributed by atoms with Gasteiger partial charge >= 0.3 is 5.97 Å². The van der Waals surface area contributed by atoms with Crippen molar-refractivity contribution in [3.05, 3.63) is 129 Å². The standard InChI is InChI=1S/C29H23BrN2O4/c1-20-7-9-23(10-8-20)29(34)36-27-16-13-25(30)17-24(27)18-31-32-28(33)22-11-14-26(15-12-22)35-19-21-5-3-2-4-6-21/h2-18H,19H2,1H3,(H,32,33)/b31-18+. The van der Waals surface area contributed by atoms with Crippen molar-refractivity contribution in [2.75, 3.05) is 0 Å². The quantitative estimate of drug-likeness (QED) is 0.122. The lowest BCUT2D eigenvalue weighted by Gasteiger charge is -2.08. The van der Waals surface area contributed by atoms with Crippen molar-refractivity contribution in [2.24, 2.45) is 5.10 Å². The van der Waals surface area contributed by atoms with Crippen molar-refractivity contribution < 1.29 is 19.1 Å². The van der Waals surface area contributed by atoms with Crippen LogP contribution in [0, 0.1) is 6.92 Å². The van der Waals surface area contributed by atoms with Crippen LogP contribution in [0.1, 0.15) is 37.4 Å². The highest BCUT2D eigenvalue weighted by atomic mass is 79.9. The van der Waals surface area contributed by atoms with Crippen LogP contribution in [0.5, 0.6) is 11.5 Å². The fourth-order valence-corrected chi connectivity index (χ4v) is 3.61. The van der Waals surface area contributed by atoms with Gasteiger partial charge in [-0.15, -0.1) is 0 Å². The number of rotatable bonds is 8. The molecule has 0 radical (unpaired) electrons. The highest BCUT2D eigenvalue weighted by Gasteiger charge is 2.12. The van der Waals surface area contributed by atoms with Gasteiger partial charge in [0, 0.05) is 15.6 Å². The second-order valence-corrected chi connectivity index (χ2v) is 8.85. The zero-order chi connectivity index (χ0) is 25.3. The van der Waals surface area contributed by atoms with Crippen LogP contribution in [0.15, 0.2) is 107 Å². The Morgan fingerprint density at radius 2 is 1.58 bits per heavy atom. The molecule has 0 aliphatic carbocycles. The molecule has 180 valence electrons. The van der Waals surface area contributed by atoms with E-state index in [1.54, 1.807) is 54.6 Å². The summed E-state index contributed by atoms with van der Waals surface area (Å²) < 4.78 is 12.1. The van der Waals surface area contributed by atoms with Gasteiger partial charge in [0.1, 0.15) is 18.1 Å². The first kappa shape index (κ1) is 24.9. The first-order valence-corrected chi connectivity index (χ1v) is 12.0. The molecular formula is C29H23BrN2O4. The smallest absolute Gasteiger partial charge is 0.343 e. The number of nitrogens with zero attached hydrogens (tertiary/aromatic N) is 1. The Kier molecular flexibility index (Phi) is 8.26. The normalized spacial score (nSPS) is 10.7. The topological polar surface area (TPSA) is 77.0 Å². The summed E-state index contributed by atoms with van der Waals surface area (Å²) in [5, 5.41) is 4.04. The van der Waals surface area contributed by atoms with Gasteiger partial charge in [0.05, 0.1) is 11.8 Å². The van der Waals surface area contributed by atoms with Crippen molar-refractivity contribution in [1.82, 2.24) is 5.43 Å². The summed E-state index contributed by atoms with van der Waals surface area (Å²) in [6.45, 7) is 2.39. The van der Waals surface area contributed by atoms with E-state index >= 15 is 0 Å². The third kappa shape index (κ3) is 6.90. The fraction of sp³-hybridized carbons (Fsp3) is 0.0690. The summed E-state index contributed by atoms with van der Waals surface area (Å²) in [5.41, 5.74) is 6.00. The van der Waals surface area contributed by atoms with E-state index in [1.165, 1.54) is 6.21 Å². The van der Waals surface area contributed by atoms with E-state index in [0.717, 1.165) is 15.6 Å². The van der Waals surface area contributed by atoms with Gasteiger partial charge in [-0.2, -0.15) is 5.10 Å². The van der Waals surface area contributed by atoms with Gasteiger partial charge in [-0.3, -0.25) is 4.79 Å². The average Bonchev–Trinajstić information content (AvgIpc) is 2.90. The highest BCUT2D eigenvalue weighted by molar-refractivity contribution is 9.10. The monoisotopic (exact) mass is 542 g/mol. The van der Waals surface area contributed by atoms with Crippen molar-refractivity contribution in [3.8, 4) is 11.5 Å². The Morgan fingerprint density at radius 3 is 2.31 bits per heavy atom. The van der Waals surface area contributed by atoms with Crippen LogP contribution in [0.4, 0.5) is 0 Å². The number of hydrogen-bond donors (Lipinski definition) is 1. The lowest BCUT2D eigenvalue weighted by molar-refractivity contribution is 0.0734. The van der Waals surface area contributed by atoms with E-state index in [4.69, 9.17) is 9.47 Å². The molecule has 4 aromatic carbocycles. The van der Waals surface area contributed by atoms with Gasteiger partial charge in [0.25, 0.3) is 5.91 Å². The number of nitrogens with one attached hydrogen (secondary N) is 1.